The zero-order chi connectivity index (χ0) is 25.8. The number of anilines is 1. The molecule has 2 aromatic carbocycles. The van der Waals surface area contributed by atoms with E-state index < -0.39 is 11.9 Å². The molecule has 10 nitrogen and oxygen atoms in total. The van der Waals surface area contributed by atoms with Crippen molar-refractivity contribution < 1.29 is 33.4 Å². The predicted octanol–water partition coefficient (Wildman–Crippen LogP) is 3.84. The van der Waals surface area contributed by atoms with E-state index in [2.05, 4.69) is 5.32 Å². The van der Waals surface area contributed by atoms with Crippen molar-refractivity contribution >= 4 is 29.8 Å². The number of rotatable bonds is 5. The minimum absolute atomic E-state index is 0.0427. The van der Waals surface area contributed by atoms with E-state index in [9.17, 15) is 19.2 Å². The second-order valence-electron chi connectivity index (χ2n) is 8.79. The van der Waals surface area contributed by atoms with Gasteiger partial charge in [-0.1, -0.05) is 30.3 Å². The average molecular weight is 496 g/mol. The second kappa shape index (κ2) is 10.7. The lowest BCUT2D eigenvalue weighted by molar-refractivity contribution is 0.0599. The number of carbonyl (C=O) groups excluding carboxylic acids is 4. The Hall–Kier alpha value is -4.08. The molecule has 10 heteroatoms. The van der Waals surface area contributed by atoms with Gasteiger partial charge in [-0.25, -0.2) is 19.2 Å². The SMILES string of the molecule is COC(=O)c1cc(NC(=O)N2CCC(N3C(=O)OC(c4ccccc4)C3C)CC2)cc(C(=O)OC)c1. The van der Waals surface area contributed by atoms with Gasteiger partial charge in [0.15, 0.2) is 0 Å². The number of cyclic esters (lactones) is 1. The van der Waals surface area contributed by atoms with Gasteiger partial charge in [0.25, 0.3) is 0 Å². The van der Waals surface area contributed by atoms with Gasteiger partial charge in [0.1, 0.15) is 6.10 Å². The first kappa shape index (κ1) is 25.0. The van der Waals surface area contributed by atoms with Crippen molar-refractivity contribution in [2.45, 2.75) is 38.0 Å². The van der Waals surface area contributed by atoms with Crippen LogP contribution in [0.1, 0.15) is 52.1 Å². The molecule has 2 aliphatic heterocycles. The van der Waals surface area contributed by atoms with E-state index in [0.29, 0.717) is 25.9 Å². The van der Waals surface area contributed by atoms with Gasteiger partial charge in [0, 0.05) is 24.8 Å². The van der Waals surface area contributed by atoms with Gasteiger partial charge in [0.05, 0.1) is 31.4 Å². The van der Waals surface area contributed by atoms with Crippen LogP contribution in [0.25, 0.3) is 0 Å². The molecule has 0 radical (unpaired) electrons. The number of nitrogens with one attached hydrogen (secondary N) is 1. The summed E-state index contributed by atoms with van der Waals surface area (Å²) in [6, 6.07) is 13.4. The third kappa shape index (κ3) is 5.12. The van der Waals surface area contributed by atoms with E-state index in [1.54, 1.807) is 9.80 Å². The highest BCUT2D eigenvalue weighted by Crippen LogP contribution is 2.35. The normalized spacial score (nSPS) is 20.0. The number of urea groups is 1. The molecule has 1 N–H and O–H groups in total. The molecular weight excluding hydrogens is 466 g/mol. The Labute approximate surface area is 209 Å². The number of hydrogen-bond acceptors (Lipinski definition) is 7. The fourth-order valence-electron chi connectivity index (χ4n) is 4.77. The number of piperidine rings is 1. The first-order chi connectivity index (χ1) is 17.3. The van der Waals surface area contributed by atoms with E-state index >= 15 is 0 Å². The Morgan fingerprint density at radius 3 is 2.08 bits per heavy atom. The van der Waals surface area contributed by atoms with Crippen LogP contribution in [0.15, 0.2) is 48.5 Å². The van der Waals surface area contributed by atoms with E-state index in [1.165, 1.54) is 32.4 Å². The topological polar surface area (TPSA) is 114 Å². The van der Waals surface area contributed by atoms with Crippen LogP contribution in [0.5, 0.6) is 0 Å². The maximum atomic E-state index is 12.9. The Balaban J connectivity index is 1.40. The second-order valence-corrected chi connectivity index (χ2v) is 8.79. The molecule has 2 aliphatic rings. The standard InChI is InChI=1S/C26H29N3O7/c1-16-22(17-7-5-4-6-8-17)36-26(33)29(16)21-9-11-28(12-10-21)25(32)27-20-14-18(23(30)34-2)13-19(15-20)24(31)35-3/h4-8,13-16,21-22H,9-12H2,1-3H3,(H,27,32). The van der Waals surface area contributed by atoms with Crippen LogP contribution in [-0.2, 0) is 14.2 Å². The number of ether oxygens (including phenoxy) is 3. The van der Waals surface area contributed by atoms with Gasteiger partial charge in [-0.2, -0.15) is 0 Å². The van der Waals surface area contributed by atoms with Gasteiger partial charge in [-0.3, -0.25) is 4.90 Å². The highest BCUT2D eigenvalue weighted by atomic mass is 16.6. The number of methoxy groups -OCH3 is 2. The quantitative estimate of drug-likeness (QED) is 0.495. The number of likely N-dealkylation sites (tertiary alicyclic amines) is 1. The maximum Gasteiger partial charge on any atom is 0.411 e. The van der Waals surface area contributed by atoms with Crippen LogP contribution in [0.3, 0.4) is 0 Å². The third-order valence-electron chi connectivity index (χ3n) is 6.62. The highest BCUT2D eigenvalue weighted by Gasteiger charge is 2.44. The van der Waals surface area contributed by atoms with Gasteiger partial charge < -0.3 is 24.4 Å². The molecule has 2 fully saturated rings. The summed E-state index contributed by atoms with van der Waals surface area (Å²) in [6.07, 6.45) is 0.536. The molecule has 0 spiro atoms. The van der Waals surface area contributed by atoms with Crippen LogP contribution in [-0.4, -0.2) is 73.3 Å². The first-order valence-electron chi connectivity index (χ1n) is 11.7. The monoisotopic (exact) mass is 495 g/mol. The summed E-state index contributed by atoms with van der Waals surface area (Å²) in [5, 5.41) is 2.75. The minimum Gasteiger partial charge on any atom is -0.465 e. The summed E-state index contributed by atoms with van der Waals surface area (Å²) in [7, 11) is 2.46. The van der Waals surface area contributed by atoms with Crippen LogP contribution in [0.4, 0.5) is 15.3 Å². The van der Waals surface area contributed by atoms with E-state index in [1.807, 2.05) is 37.3 Å². The third-order valence-corrected chi connectivity index (χ3v) is 6.62. The Morgan fingerprint density at radius 2 is 1.53 bits per heavy atom. The number of amides is 3. The number of hydrogen-bond donors (Lipinski definition) is 1. The van der Waals surface area contributed by atoms with Gasteiger partial charge in [-0.15, -0.1) is 0 Å². The van der Waals surface area contributed by atoms with Crippen molar-refractivity contribution in [2.75, 3.05) is 32.6 Å². The Kier molecular flexibility index (Phi) is 7.42. The van der Waals surface area contributed by atoms with Crippen molar-refractivity contribution in [3.05, 3.63) is 65.2 Å². The summed E-state index contributed by atoms with van der Waals surface area (Å²) in [5.41, 5.74) is 1.46. The van der Waals surface area contributed by atoms with Crippen LogP contribution in [0.2, 0.25) is 0 Å². The molecule has 2 heterocycles. The number of esters is 2. The lowest BCUT2D eigenvalue weighted by Crippen LogP contribution is -2.50. The molecule has 3 amide bonds. The number of carbonyl (C=O) groups is 4. The zero-order valence-electron chi connectivity index (χ0n) is 20.4. The zero-order valence-corrected chi connectivity index (χ0v) is 20.4. The molecule has 2 atom stereocenters. The average Bonchev–Trinajstić information content (AvgIpc) is 3.21. The smallest absolute Gasteiger partial charge is 0.411 e. The van der Waals surface area contributed by atoms with Gasteiger partial charge in [-0.05, 0) is 43.5 Å². The molecule has 0 saturated carbocycles. The van der Waals surface area contributed by atoms with E-state index in [0.717, 1.165) is 5.56 Å². The summed E-state index contributed by atoms with van der Waals surface area (Å²) in [4.78, 5) is 53.1. The molecule has 36 heavy (non-hydrogen) atoms. The summed E-state index contributed by atoms with van der Waals surface area (Å²) >= 11 is 0. The van der Waals surface area contributed by atoms with Crippen molar-refractivity contribution in [2.24, 2.45) is 0 Å². The molecule has 4 rings (SSSR count). The Bertz CT molecular complexity index is 1110. The fourth-order valence-corrected chi connectivity index (χ4v) is 4.77. The molecule has 0 bridgehead atoms. The van der Waals surface area contributed by atoms with E-state index in [-0.39, 0.29) is 47.1 Å². The van der Waals surface area contributed by atoms with Gasteiger partial charge >= 0.3 is 24.1 Å². The summed E-state index contributed by atoms with van der Waals surface area (Å²) in [6.45, 7) is 2.85. The van der Waals surface area contributed by atoms with Crippen LogP contribution >= 0.6 is 0 Å². The van der Waals surface area contributed by atoms with Crippen molar-refractivity contribution in [3.8, 4) is 0 Å². The minimum atomic E-state index is -0.641. The molecule has 190 valence electrons. The van der Waals surface area contributed by atoms with Crippen LogP contribution in [0, 0.1) is 0 Å². The van der Waals surface area contributed by atoms with Crippen molar-refractivity contribution in [1.82, 2.24) is 9.80 Å². The molecular formula is C26H29N3O7. The highest BCUT2D eigenvalue weighted by molar-refractivity contribution is 5.99. The predicted molar refractivity (Wildman–Crippen MR) is 130 cm³/mol. The lowest BCUT2D eigenvalue weighted by atomic mass is 9.98. The fraction of sp³-hybridized carbons (Fsp3) is 0.385. The summed E-state index contributed by atoms with van der Waals surface area (Å²) < 4.78 is 15.2. The molecule has 0 aromatic heterocycles. The number of benzene rings is 2. The van der Waals surface area contributed by atoms with Crippen molar-refractivity contribution in [3.63, 3.8) is 0 Å². The summed E-state index contributed by atoms with van der Waals surface area (Å²) in [5.74, 6) is -1.28. The largest absolute Gasteiger partial charge is 0.465 e. The molecule has 2 unspecified atom stereocenters. The molecule has 0 aliphatic carbocycles. The Morgan fingerprint density at radius 1 is 0.944 bits per heavy atom. The molecule has 2 saturated heterocycles. The molecule has 2 aromatic rings. The first-order valence-corrected chi connectivity index (χ1v) is 11.7. The van der Waals surface area contributed by atoms with Crippen LogP contribution < -0.4 is 5.32 Å². The van der Waals surface area contributed by atoms with E-state index in [4.69, 9.17) is 14.2 Å². The van der Waals surface area contributed by atoms with Crippen molar-refractivity contribution in [1.29, 1.82) is 0 Å². The maximum absolute atomic E-state index is 12.9. The lowest BCUT2D eigenvalue weighted by Gasteiger charge is -2.37. The van der Waals surface area contributed by atoms with Gasteiger partial charge in [0.2, 0.25) is 0 Å². The number of nitrogens with zero attached hydrogens (tertiary/aromatic N) is 2.